The molecular weight excluding hydrogens is 266 g/mol. The lowest BCUT2D eigenvalue weighted by atomic mass is 10.3. The van der Waals surface area contributed by atoms with Crippen molar-refractivity contribution in [3.63, 3.8) is 0 Å². The zero-order valence-electron chi connectivity index (χ0n) is 12.3. The second-order valence-electron chi connectivity index (χ2n) is 5.14. The molecule has 0 saturated heterocycles. The fourth-order valence-corrected chi connectivity index (χ4v) is 2.37. The van der Waals surface area contributed by atoms with Crippen LogP contribution in [-0.4, -0.2) is 21.3 Å². The van der Waals surface area contributed by atoms with Crippen LogP contribution in [0, 0.1) is 13.8 Å². The standard InChI is InChI=1S/C15H19N5O/c1-10-9-11(2)20(19-10)8-4-7-17-15-18-14-12(16)5-3-6-13(14)21-15/h3,5-6,9H,4,7-8,16H2,1-2H3,(H,17,18). The highest BCUT2D eigenvalue weighted by atomic mass is 16.4. The van der Waals surface area contributed by atoms with Gasteiger partial charge in [0.15, 0.2) is 5.58 Å². The van der Waals surface area contributed by atoms with Gasteiger partial charge in [0.05, 0.1) is 11.4 Å². The van der Waals surface area contributed by atoms with Crippen molar-refractivity contribution in [1.82, 2.24) is 14.8 Å². The molecule has 0 saturated carbocycles. The number of benzene rings is 1. The first-order chi connectivity index (χ1) is 10.1. The molecule has 3 rings (SSSR count). The molecule has 1 aromatic carbocycles. The number of hydrogen-bond donors (Lipinski definition) is 2. The third-order valence-electron chi connectivity index (χ3n) is 3.38. The molecular formula is C15H19N5O. The molecule has 3 N–H and O–H groups in total. The molecule has 0 spiro atoms. The van der Waals surface area contributed by atoms with Gasteiger partial charge in [0, 0.05) is 18.8 Å². The maximum atomic E-state index is 5.86. The first-order valence-corrected chi connectivity index (χ1v) is 7.03. The van der Waals surface area contributed by atoms with Crippen LogP contribution in [0.1, 0.15) is 17.8 Å². The van der Waals surface area contributed by atoms with Gasteiger partial charge in [-0.15, -0.1) is 0 Å². The number of oxazole rings is 1. The first kappa shape index (κ1) is 13.5. The van der Waals surface area contributed by atoms with Crippen LogP contribution in [-0.2, 0) is 6.54 Å². The van der Waals surface area contributed by atoms with E-state index < -0.39 is 0 Å². The van der Waals surface area contributed by atoms with Crippen LogP contribution in [0.5, 0.6) is 0 Å². The maximum Gasteiger partial charge on any atom is 0.295 e. The van der Waals surface area contributed by atoms with Gasteiger partial charge in [-0.3, -0.25) is 4.68 Å². The molecule has 0 atom stereocenters. The van der Waals surface area contributed by atoms with E-state index in [0.29, 0.717) is 22.8 Å². The van der Waals surface area contributed by atoms with Crippen LogP contribution in [0.2, 0.25) is 0 Å². The van der Waals surface area contributed by atoms with E-state index in [9.17, 15) is 0 Å². The lowest BCUT2D eigenvalue weighted by Gasteiger charge is -2.04. The topological polar surface area (TPSA) is 81.9 Å². The van der Waals surface area contributed by atoms with E-state index in [1.165, 1.54) is 5.69 Å². The van der Waals surface area contributed by atoms with Crippen LogP contribution in [0.15, 0.2) is 28.7 Å². The largest absolute Gasteiger partial charge is 0.423 e. The normalized spacial score (nSPS) is 11.1. The summed E-state index contributed by atoms with van der Waals surface area (Å²) in [5.74, 6) is 0. The summed E-state index contributed by atoms with van der Waals surface area (Å²) in [7, 11) is 0. The van der Waals surface area contributed by atoms with Gasteiger partial charge in [-0.05, 0) is 38.5 Å². The molecule has 0 amide bonds. The monoisotopic (exact) mass is 285 g/mol. The van der Waals surface area contributed by atoms with Crippen LogP contribution in [0.4, 0.5) is 11.7 Å². The van der Waals surface area contributed by atoms with Gasteiger partial charge in [0.2, 0.25) is 0 Å². The molecule has 0 fully saturated rings. The van der Waals surface area contributed by atoms with Crippen molar-refractivity contribution >= 4 is 22.8 Å². The van der Waals surface area contributed by atoms with Gasteiger partial charge < -0.3 is 15.5 Å². The number of fused-ring (bicyclic) bond motifs is 1. The van der Waals surface area contributed by atoms with Crippen molar-refractivity contribution in [1.29, 1.82) is 0 Å². The van der Waals surface area contributed by atoms with E-state index in [2.05, 4.69) is 28.4 Å². The fraction of sp³-hybridized carbons (Fsp3) is 0.333. The average molecular weight is 285 g/mol. The Morgan fingerprint density at radius 2 is 2.19 bits per heavy atom. The number of anilines is 2. The molecule has 3 aromatic rings. The Morgan fingerprint density at radius 3 is 2.90 bits per heavy atom. The highest BCUT2D eigenvalue weighted by molar-refractivity contribution is 5.86. The second kappa shape index (κ2) is 5.47. The smallest absolute Gasteiger partial charge is 0.295 e. The van der Waals surface area contributed by atoms with Gasteiger partial charge >= 0.3 is 0 Å². The first-order valence-electron chi connectivity index (χ1n) is 7.03. The third kappa shape index (κ3) is 2.84. The number of nitrogens with zero attached hydrogens (tertiary/aromatic N) is 3. The number of aryl methyl sites for hydroxylation is 3. The third-order valence-corrected chi connectivity index (χ3v) is 3.38. The summed E-state index contributed by atoms with van der Waals surface area (Å²) in [5.41, 5.74) is 10.1. The summed E-state index contributed by atoms with van der Waals surface area (Å²) in [6.45, 7) is 5.71. The molecule has 0 radical (unpaired) electrons. The highest BCUT2D eigenvalue weighted by Crippen LogP contribution is 2.23. The van der Waals surface area contributed by atoms with E-state index in [4.69, 9.17) is 10.2 Å². The lowest BCUT2D eigenvalue weighted by molar-refractivity contribution is 0.563. The van der Waals surface area contributed by atoms with Crippen LogP contribution in [0.25, 0.3) is 11.1 Å². The maximum absolute atomic E-state index is 5.86. The van der Waals surface area contributed by atoms with Crippen LogP contribution < -0.4 is 11.1 Å². The Kier molecular flexibility index (Phi) is 3.51. The minimum Gasteiger partial charge on any atom is -0.423 e. The number of nitrogens with two attached hydrogens (primary N) is 1. The number of para-hydroxylation sites is 1. The molecule has 2 aromatic heterocycles. The van der Waals surface area contributed by atoms with Crippen molar-refractivity contribution in [2.45, 2.75) is 26.8 Å². The second-order valence-corrected chi connectivity index (χ2v) is 5.14. The number of hydrogen-bond acceptors (Lipinski definition) is 5. The Bertz CT molecular complexity index is 759. The quantitative estimate of drug-likeness (QED) is 0.556. The molecule has 0 aliphatic carbocycles. The van der Waals surface area contributed by atoms with E-state index in [1.807, 2.05) is 29.8 Å². The predicted molar refractivity (Wildman–Crippen MR) is 83.2 cm³/mol. The zero-order chi connectivity index (χ0) is 14.8. The minimum absolute atomic E-state index is 0.510. The molecule has 110 valence electrons. The van der Waals surface area contributed by atoms with Gasteiger partial charge in [0.25, 0.3) is 6.01 Å². The number of rotatable bonds is 5. The Morgan fingerprint density at radius 1 is 1.33 bits per heavy atom. The number of nitrogen functional groups attached to an aromatic ring is 1. The molecule has 0 aliphatic rings. The predicted octanol–water partition coefficient (Wildman–Crippen LogP) is 2.73. The van der Waals surface area contributed by atoms with Gasteiger partial charge in [0.1, 0.15) is 5.52 Å². The van der Waals surface area contributed by atoms with E-state index in [0.717, 1.165) is 25.2 Å². The average Bonchev–Trinajstić information content (AvgIpc) is 2.99. The van der Waals surface area contributed by atoms with E-state index in [1.54, 1.807) is 0 Å². The molecule has 0 bridgehead atoms. The zero-order valence-corrected chi connectivity index (χ0v) is 12.3. The number of aromatic nitrogens is 3. The number of nitrogens with one attached hydrogen (secondary N) is 1. The molecule has 2 heterocycles. The van der Waals surface area contributed by atoms with Gasteiger partial charge in [-0.1, -0.05) is 6.07 Å². The lowest BCUT2D eigenvalue weighted by Crippen LogP contribution is -2.09. The molecule has 0 unspecified atom stereocenters. The summed E-state index contributed by atoms with van der Waals surface area (Å²) in [4.78, 5) is 4.35. The Labute approximate surface area is 123 Å². The Balaban J connectivity index is 1.57. The fourth-order valence-electron chi connectivity index (χ4n) is 2.37. The SMILES string of the molecule is Cc1cc(C)n(CCCNc2nc3c(N)cccc3o2)n1. The summed E-state index contributed by atoms with van der Waals surface area (Å²) in [5, 5.41) is 7.62. The van der Waals surface area contributed by atoms with Crippen molar-refractivity contribution in [3.05, 3.63) is 35.7 Å². The van der Waals surface area contributed by atoms with E-state index in [-0.39, 0.29) is 0 Å². The molecule has 0 aliphatic heterocycles. The minimum atomic E-state index is 0.510. The summed E-state index contributed by atoms with van der Waals surface area (Å²) < 4.78 is 7.62. The van der Waals surface area contributed by atoms with Gasteiger partial charge in [-0.25, -0.2) is 0 Å². The summed E-state index contributed by atoms with van der Waals surface area (Å²) in [6.07, 6.45) is 0.941. The molecule has 6 heteroatoms. The van der Waals surface area contributed by atoms with Gasteiger partial charge in [-0.2, -0.15) is 10.1 Å². The van der Waals surface area contributed by atoms with Crippen LogP contribution >= 0.6 is 0 Å². The van der Waals surface area contributed by atoms with Crippen molar-refractivity contribution in [3.8, 4) is 0 Å². The van der Waals surface area contributed by atoms with Crippen molar-refractivity contribution in [2.75, 3.05) is 17.6 Å². The molecule has 21 heavy (non-hydrogen) atoms. The highest BCUT2D eigenvalue weighted by Gasteiger charge is 2.07. The molecule has 6 nitrogen and oxygen atoms in total. The summed E-state index contributed by atoms with van der Waals surface area (Å²) >= 11 is 0. The van der Waals surface area contributed by atoms with Crippen LogP contribution in [0.3, 0.4) is 0 Å². The van der Waals surface area contributed by atoms with E-state index >= 15 is 0 Å². The Hall–Kier alpha value is -2.50. The summed E-state index contributed by atoms with van der Waals surface area (Å²) in [6, 6.07) is 8.13. The van der Waals surface area contributed by atoms with Crippen molar-refractivity contribution < 1.29 is 4.42 Å². The van der Waals surface area contributed by atoms with Crippen molar-refractivity contribution in [2.24, 2.45) is 0 Å².